The van der Waals surface area contributed by atoms with Gasteiger partial charge in [0.1, 0.15) is 5.69 Å². The van der Waals surface area contributed by atoms with Crippen LogP contribution in [0.25, 0.3) is 0 Å². The molecule has 1 aromatic carbocycles. The molecular weight excluding hydrogens is 320 g/mol. The molecule has 2 aromatic rings. The van der Waals surface area contributed by atoms with Gasteiger partial charge in [0.25, 0.3) is 5.91 Å². The summed E-state index contributed by atoms with van der Waals surface area (Å²) in [4.78, 5) is 22.8. The Morgan fingerprint density at radius 3 is 2.61 bits per heavy atom. The van der Waals surface area contributed by atoms with E-state index in [1.54, 1.807) is 35.0 Å². The highest BCUT2D eigenvalue weighted by atomic mass is 35.5. The van der Waals surface area contributed by atoms with Crippen LogP contribution in [-0.2, 0) is 6.54 Å². The van der Waals surface area contributed by atoms with Crippen LogP contribution in [0, 0.1) is 0 Å². The largest absolute Gasteiger partial charge is 0.352 e. The van der Waals surface area contributed by atoms with E-state index >= 15 is 0 Å². The van der Waals surface area contributed by atoms with Gasteiger partial charge in [0.05, 0.1) is 6.54 Å². The van der Waals surface area contributed by atoms with E-state index in [0.717, 1.165) is 5.56 Å². The van der Waals surface area contributed by atoms with E-state index in [0.29, 0.717) is 22.3 Å². The molecule has 0 bridgehead atoms. The Labute approximate surface area is 138 Å². The number of hydrogen-bond acceptors (Lipinski definition) is 3. The third-order valence-electron chi connectivity index (χ3n) is 3.17. The van der Waals surface area contributed by atoms with Gasteiger partial charge in [-0.2, -0.15) is 0 Å². The average Bonchev–Trinajstić information content (AvgIpc) is 2.96. The smallest absolute Gasteiger partial charge is 0.312 e. The van der Waals surface area contributed by atoms with Crippen molar-refractivity contribution in [2.45, 2.75) is 6.54 Å². The lowest BCUT2D eigenvalue weighted by atomic mass is 10.2. The molecule has 4 N–H and O–H groups in total. The molecule has 0 saturated heterocycles. The number of nitrogens with two attached hydrogens (primary N) is 1. The van der Waals surface area contributed by atoms with Gasteiger partial charge in [-0.05, 0) is 29.8 Å². The number of hydrogen-bond donors (Lipinski definition) is 3. The van der Waals surface area contributed by atoms with Gasteiger partial charge in [0.2, 0.25) is 0 Å². The van der Waals surface area contributed by atoms with Crippen molar-refractivity contribution in [3.63, 3.8) is 0 Å². The van der Waals surface area contributed by atoms with Gasteiger partial charge in [-0.1, -0.05) is 23.7 Å². The highest BCUT2D eigenvalue weighted by Gasteiger charge is 2.17. The van der Waals surface area contributed by atoms with Crippen molar-refractivity contribution in [2.75, 3.05) is 13.1 Å². The molecule has 0 radical (unpaired) electrons. The van der Waals surface area contributed by atoms with Crippen molar-refractivity contribution in [3.05, 3.63) is 58.9 Å². The van der Waals surface area contributed by atoms with Gasteiger partial charge >= 0.3 is 6.03 Å². The zero-order valence-corrected chi connectivity index (χ0v) is 13.0. The van der Waals surface area contributed by atoms with Gasteiger partial charge in [-0.25, -0.2) is 9.86 Å². The Morgan fingerprint density at radius 1 is 1.26 bits per heavy atom. The van der Waals surface area contributed by atoms with Gasteiger partial charge in [-0.3, -0.25) is 10.0 Å². The number of benzene rings is 1. The second kappa shape index (κ2) is 7.66. The maximum absolute atomic E-state index is 12.2. The monoisotopic (exact) mass is 336 g/mol. The lowest BCUT2D eigenvalue weighted by Gasteiger charge is -2.16. The normalized spacial score (nSPS) is 10.3. The molecule has 7 nitrogen and oxygen atoms in total. The van der Waals surface area contributed by atoms with E-state index in [1.165, 1.54) is 0 Å². The highest BCUT2D eigenvalue weighted by molar-refractivity contribution is 6.30. The number of hydroxylamine groups is 2. The number of primary amides is 1. The summed E-state index contributed by atoms with van der Waals surface area (Å²) in [6.07, 6.45) is 1.75. The predicted octanol–water partition coefficient (Wildman–Crippen LogP) is 1.69. The summed E-state index contributed by atoms with van der Waals surface area (Å²) in [7, 11) is 0. The minimum absolute atomic E-state index is 0.0616. The van der Waals surface area contributed by atoms with Crippen LogP contribution < -0.4 is 11.1 Å². The van der Waals surface area contributed by atoms with Gasteiger partial charge in [-0.15, -0.1) is 0 Å². The molecule has 0 aliphatic carbocycles. The van der Waals surface area contributed by atoms with E-state index < -0.39 is 11.9 Å². The van der Waals surface area contributed by atoms with E-state index in [9.17, 15) is 14.8 Å². The Morgan fingerprint density at radius 2 is 1.96 bits per heavy atom. The van der Waals surface area contributed by atoms with Crippen LogP contribution in [-0.4, -0.2) is 39.9 Å². The Hall–Kier alpha value is -2.51. The van der Waals surface area contributed by atoms with Crippen LogP contribution in [0.5, 0.6) is 0 Å². The van der Waals surface area contributed by atoms with Crippen LogP contribution in [0.2, 0.25) is 5.02 Å². The van der Waals surface area contributed by atoms with Gasteiger partial charge in [0, 0.05) is 24.3 Å². The summed E-state index contributed by atoms with van der Waals surface area (Å²) >= 11 is 5.85. The number of amides is 3. The third-order valence-corrected chi connectivity index (χ3v) is 3.42. The Kier molecular flexibility index (Phi) is 5.61. The topological polar surface area (TPSA) is 101 Å². The molecule has 2 rings (SSSR count). The maximum Gasteiger partial charge on any atom is 0.312 e. The Bertz CT molecular complexity index is 684. The fraction of sp³-hybridized carbons (Fsp3) is 0.200. The molecule has 0 saturated carbocycles. The van der Waals surface area contributed by atoms with Crippen molar-refractivity contribution in [1.29, 1.82) is 0 Å². The maximum atomic E-state index is 12.2. The van der Waals surface area contributed by atoms with Gasteiger partial charge in [0.15, 0.2) is 0 Å². The fourth-order valence-electron chi connectivity index (χ4n) is 2.05. The zero-order valence-electron chi connectivity index (χ0n) is 12.3. The molecule has 1 aromatic heterocycles. The lowest BCUT2D eigenvalue weighted by molar-refractivity contribution is -0.0571. The number of rotatable bonds is 6. The minimum atomic E-state index is -0.711. The van der Waals surface area contributed by atoms with Crippen LogP contribution in [0.3, 0.4) is 0 Å². The summed E-state index contributed by atoms with van der Waals surface area (Å²) < 4.78 is 1.72. The molecule has 3 amide bonds. The third kappa shape index (κ3) is 4.73. The van der Waals surface area contributed by atoms with Crippen LogP contribution in [0.1, 0.15) is 16.1 Å². The number of aromatic nitrogens is 1. The number of carbonyl (C=O) groups is 2. The summed E-state index contributed by atoms with van der Waals surface area (Å²) in [5.74, 6) is -0.560. The lowest BCUT2D eigenvalue weighted by Crippen LogP contribution is -2.39. The first-order valence-corrected chi connectivity index (χ1v) is 7.29. The number of halogens is 1. The molecule has 0 fully saturated rings. The zero-order chi connectivity index (χ0) is 16.8. The molecule has 0 atom stereocenters. The van der Waals surface area contributed by atoms with Crippen LogP contribution in [0.15, 0.2) is 42.6 Å². The molecule has 122 valence electrons. The first-order chi connectivity index (χ1) is 11.0. The first kappa shape index (κ1) is 16.9. The number of urea groups is 1. The van der Waals surface area contributed by atoms with Crippen molar-refractivity contribution in [1.82, 2.24) is 14.9 Å². The van der Waals surface area contributed by atoms with E-state index in [1.807, 2.05) is 12.1 Å². The molecule has 0 aliphatic rings. The summed E-state index contributed by atoms with van der Waals surface area (Å²) in [5.41, 5.74) is 6.23. The quantitative estimate of drug-likeness (QED) is 0.552. The molecule has 1 heterocycles. The van der Waals surface area contributed by atoms with Crippen LogP contribution >= 0.6 is 11.6 Å². The number of carbonyl (C=O) groups excluding carboxylic acids is 2. The number of nitrogens with zero attached hydrogens (tertiary/aromatic N) is 2. The predicted molar refractivity (Wildman–Crippen MR) is 85.4 cm³/mol. The van der Waals surface area contributed by atoms with Crippen molar-refractivity contribution in [3.8, 4) is 0 Å². The Balaban J connectivity index is 2.03. The minimum Gasteiger partial charge on any atom is -0.352 e. The van der Waals surface area contributed by atoms with E-state index in [-0.39, 0.29) is 13.1 Å². The molecule has 23 heavy (non-hydrogen) atoms. The first-order valence-electron chi connectivity index (χ1n) is 6.91. The van der Waals surface area contributed by atoms with Crippen LogP contribution in [0.4, 0.5) is 4.79 Å². The fourth-order valence-corrected chi connectivity index (χ4v) is 2.18. The highest BCUT2D eigenvalue weighted by Crippen LogP contribution is 2.13. The van der Waals surface area contributed by atoms with Crippen molar-refractivity contribution in [2.24, 2.45) is 5.73 Å². The number of nitrogens with one attached hydrogen (secondary N) is 1. The molecule has 0 unspecified atom stereocenters. The van der Waals surface area contributed by atoms with E-state index in [4.69, 9.17) is 17.3 Å². The summed E-state index contributed by atoms with van der Waals surface area (Å²) in [5, 5.41) is 13.3. The molecule has 0 spiro atoms. The average molecular weight is 337 g/mol. The SMILES string of the molecule is NC(=O)NCCN(O)C(=O)c1cccn1Cc1ccc(Cl)cc1. The van der Waals surface area contributed by atoms with E-state index in [2.05, 4.69) is 5.32 Å². The van der Waals surface area contributed by atoms with Gasteiger partial charge < -0.3 is 15.6 Å². The summed E-state index contributed by atoms with van der Waals surface area (Å²) in [6, 6.07) is 9.90. The summed E-state index contributed by atoms with van der Waals surface area (Å²) in [6.45, 7) is 0.474. The molecule has 0 aliphatic heterocycles. The molecule has 8 heteroatoms. The standard InChI is InChI=1S/C15H17ClN4O3/c16-12-5-3-11(4-6-12)10-19-8-1-2-13(19)14(21)20(23)9-7-18-15(17)22/h1-6,8,23H,7,9-10H2,(H3,17,18,22). The second-order valence-corrected chi connectivity index (χ2v) is 5.30. The van der Waals surface area contributed by atoms with Crippen molar-refractivity contribution < 1.29 is 14.8 Å². The van der Waals surface area contributed by atoms with Crippen molar-refractivity contribution >= 4 is 23.5 Å². The second-order valence-electron chi connectivity index (χ2n) is 4.87. The molecular formula is C15H17ClN4O3.